The van der Waals surface area contributed by atoms with E-state index in [4.69, 9.17) is 11.6 Å². The molecule has 0 spiro atoms. The third kappa shape index (κ3) is 2.80. The normalized spacial score (nSPS) is 21.2. The van der Waals surface area contributed by atoms with Gasteiger partial charge < -0.3 is 5.32 Å². The topological polar surface area (TPSA) is 53.9 Å². The van der Waals surface area contributed by atoms with Crippen LogP contribution in [0.4, 0.5) is 5.82 Å². The third-order valence-corrected chi connectivity index (χ3v) is 3.12. The number of halogens is 1. The zero-order valence-corrected chi connectivity index (χ0v) is 10.1. The highest BCUT2D eigenvalue weighted by molar-refractivity contribution is 6.28. The molecule has 1 aromatic heterocycles. The van der Waals surface area contributed by atoms with Gasteiger partial charge in [0.25, 0.3) is 0 Å². The quantitative estimate of drug-likeness (QED) is 0.864. The number of aromatic nitrogens is 3. The van der Waals surface area contributed by atoms with Gasteiger partial charge in [-0.3, -0.25) is 4.90 Å². The Kier molecular flexibility index (Phi) is 3.90. The molecule has 0 aliphatic carbocycles. The van der Waals surface area contributed by atoms with Crippen LogP contribution in [-0.4, -0.2) is 45.8 Å². The molecule has 0 amide bonds. The zero-order valence-electron chi connectivity index (χ0n) is 9.36. The molecule has 2 heterocycles. The number of nitrogens with one attached hydrogen (secondary N) is 1. The number of hydrogen-bond acceptors (Lipinski definition) is 5. The van der Waals surface area contributed by atoms with Crippen molar-refractivity contribution in [2.75, 3.05) is 25.0 Å². The summed E-state index contributed by atoms with van der Waals surface area (Å²) in [6, 6.07) is 0.596. The highest BCUT2D eigenvalue weighted by Crippen LogP contribution is 2.16. The molecule has 1 saturated heterocycles. The van der Waals surface area contributed by atoms with Crippen LogP contribution in [0, 0.1) is 0 Å². The lowest BCUT2D eigenvalue weighted by molar-refractivity contribution is 0.277. The molecule has 0 bridgehead atoms. The molecule has 0 radical (unpaired) electrons. The summed E-state index contributed by atoms with van der Waals surface area (Å²) >= 11 is 5.66. The molecule has 2 rings (SSSR count). The Morgan fingerprint density at radius 1 is 1.62 bits per heavy atom. The van der Waals surface area contributed by atoms with E-state index >= 15 is 0 Å². The monoisotopic (exact) mass is 241 g/mol. The summed E-state index contributed by atoms with van der Waals surface area (Å²) < 4.78 is 0. The highest BCUT2D eigenvalue weighted by atomic mass is 35.5. The lowest BCUT2D eigenvalue weighted by Crippen LogP contribution is -2.34. The summed E-state index contributed by atoms with van der Waals surface area (Å²) in [6.07, 6.45) is 4.12. The molecule has 16 heavy (non-hydrogen) atoms. The van der Waals surface area contributed by atoms with Crippen LogP contribution in [0.5, 0.6) is 0 Å². The average Bonchev–Trinajstić information content (AvgIpc) is 2.74. The first-order valence-corrected chi connectivity index (χ1v) is 6.00. The van der Waals surface area contributed by atoms with Crippen molar-refractivity contribution in [1.82, 2.24) is 20.1 Å². The minimum Gasteiger partial charge on any atom is -0.367 e. The molecule has 1 unspecified atom stereocenters. The Bertz CT molecular complexity index is 346. The fraction of sp³-hybridized carbons (Fsp3) is 0.700. The van der Waals surface area contributed by atoms with E-state index in [1.165, 1.54) is 19.4 Å². The minimum absolute atomic E-state index is 0.184. The van der Waals surface area contributed by atoms with Crippen LogP contribution < -0.4 is 5.32 Å². The van der Waals surface area contributed by atoms with E-state index in [0.717, 1.165) is 13.1 Å². The van der Waals surface area contributed by atoms with E-state index in [-0.39, 0.29) is 5.28 Å². The van der Waals surface area contributed by atoms with Crippen molar-refractivity contribution >= 4 is 17.4 Å². The first-order valence-electron chi connectivity index (χ1n) is 5.62. The second-order valence-corrected chi connectivity index (χ2v) is 4.25. The van der Waals surface area contributed by atoms with Gasteiger partial charge in [-0.05, 0) is 37.5 Å². The number of hydrogen-bond donors (Lipinski definition) is 1. The summed E-state index contributed by atoms with van der Waals surface area (Å²) in [5.74, 6) is 0.697. The maximum absolute atomic E-state index is 5.66. The fourth-order valence-corrected chi connectivity index (χ4v) is 2.27. The summed E-state index contributed by atoms with van der Waals surface area (Å²) in [7, 11) is 0. The van der Waals surface area contributed by atoms with Crippen molar-refractivity contribution in [2.24, 2.45) is 0 Å². The first-order chi connectivity index (χ1) is 7.79. The minimum atomic E-state index is 0.184. The van der Waals surface area contributed by atoms with E-state index in [1.54, 1.807) is 6.20 Å². The van der Waals surface area contributed by atoms with Crippen LogP contribution in [0.15, 0.2) is 6.20 Å². The fourth-order valence-electron chi connectivity index (χ4n) is 2.13. The summed E-state index contributed by atoms with van der Waals surface area (Å²) in [5.41, 5.74) is 0. The van der Waals surface area contributed by atoms with Crippen LogP contribution in [-0.2, 0) is 0 Å². The summed E-state index contributed by atoms with van der Waals surface area (Å²) in [4.78, 5) is 6.52. The van der Waals surface area contributed by atoms with Crippen molar-refractivity contribution in [1.29, 1.82) is 0 Å². The molecule has 5 nitrogen and oxygen atoms in total. The predicted octanol–water partition coefficient (Wildman–Crippen LogP) is 1.42. The zero-order chi connectivity index (χ0) is 11.4. The standard InChI is InChI=1S/C10H16ClN5/c1-2-16-5-3-4-8(16)6-12-9-7-13-15-10(11)14-9/h7-8H,2-6H2,1H3,(H,12,14,15). The number of nitrogens with zero attached hydrogens (tertiary/aromatic N) is 4. The van der Waals surface area contributed by atoms with Crippen LogP contribution in [0.2, 0.25) is 5.28 Å². The van der Waals surface area contributed by atoms with Crippen LogP contribution in [0.3, 0.4) is 0 Å². The van der Waals surface area contributed by atoms with Crippen LogP contribution in [0.1, 0.15) is 19.8 Å². The van der Waals surface area contributed by atoms with Gasteiger partial charge >= 0.3 is 0 Å². The molecule has 1 atom stereocenters. The number of likely N-dealkylation sites (N-methyl/N-ethyl adjacent to an activating group) is 1. The van der Waals surface area contributed by atoms with Crippen molar-refractivity contribution < 1.29 is 0 Å². The highest BCUT2D eigenvalue weighted by Gasteiger charge is 2.22. The Morgan fingerprint density at radius 2 is 2.50 bits per heavy atom. The van der Waals surface area contributed by atoms with Crippen molar-refractivity contribution in [3.8, 4) is 0 Å². The average molecular weight is 242 g/mol. The van der Waals surface area contributed by atoms with E-state index in [9.17, 15) is 0 Å². The Morgan fingerprint density at radius 3 is 3.25 bits per heavy atom. The molecule has 1 fully saturated rings. The lowest BCUT2D eigenvalue weighted by atomic mass is 10.2. The largest absolute Gasteiger partial charge is 0.367 e. The van der Waals surface area contributed by atoms with Gasteiger partial charge in [-0.15, -0.1) is 5.10 Å². The predicted molar refractivity (Wildman–Crippen MR) is 63.6 cm³/mol. The molecule has 1 aromatic rings. The number of anilines is 1. The van der Waals surface area contributed by atoms with Crippen molar-refractivity contribution in [3.05, 3.63) is 11.5 Å². The molecule has 1 aliphatic rings. The van der Waals surface area contributed by atoms with E-state index in [1.807, 2.05) is 0 Å². The number of likely N-dealkylation sites (tertiary alicyclic amines) is 1. The number of rotatable bonds is 4. The Labute approximate surface area is 100 Å². The van der Waals surface area contributed by atoms with Gasteiger partial charge in [0.15, 0.2) is 0 Å². The molecule has 0 aromatic carbocycles. The van der Waals surface area contributed by atoms with E-state index < -0.39 is 0 Å². The molecular formula is C10H16ClN5. The SMILES string of the molecule is CCN1CCCC1CNc1cnnc(Cl)n1. The second kappa shape index (κ2) is 5.41. The first kappa shape index (κ1) is 11.5. The lowest BCUT2D eigenvalue weighted by Gasteiger charge is -2.22. The van der Waals surface area contributed by atoms with Gasteiger partial charge in [0, 0.05) is 12.6 Å². The van der Waals surface area contributed by atoms with Crippen molar-refractivity contribution in [2.45, 2.75) is 25.8 Å². The van der Waals surface area contributed by atoms with Crippen LogP contribution in [0.25, 0.3) is 0 Å². The molecule has 1 aliphatic heterocycles. The van der Waals surface area contributed by atoms with Gasteiger partial charge in [-0.2, -0.15) is 10.1 Å². The molecule has 6 heteroatoms. The third-order valence-electron chi connectivity index (χ3n) is 2.96. The van der Waals surface area contributed by atoms with E-state index in [0.29, 0.717) is 11.9 Å². The Balaban J connectivity index is 1.87. The molecule has 1 N–H and O–H groups in total. The maximum atomic E-state index is 5.66. The summed E-state index contributed by atoms with van der Waals surface area (Å²) in [6.45, 7) is 5.39. The van der Waals surface area contributed by atoms with Gasteiger partial charge in [-0.25, -0.2) is 0 Å². The molecule has 0 saturated carbocycles. The van der Waals surface area contributed by atoms with Crippen molar-refractivity contribution in [3.63, 3.8) is 0 Å². The maximum Gasteiger partial charge on any atom is 0.244 e. The van der Waals surface area contributed by atoms with Gasteiger partial charge in [-0.1, -0.05) is 6.92 Å². The van der Waals surface area contributed by atoms with E-state index in [2.05, 4.69) is 32.3 Å². The Hall–Kier alpha value is -0.940. The molecule has 88 valence electrons. The smallest absolute Gasteiger partial charge is 0.244 e. The van der Waals surface area contributed by atoms with Crippen LogP contribution >= 0.6 is 11.6 Å². The van der Waals surface area contributed by atoms with Gasteiger partial charge in [0.05, 0.1) is 6.20 Å². The van der Waals surface area contributed by atoms with Gasteiger partial charge in [0.1, 0.15) is 5.82 Å². The second-order valence-electron chi connectivity index (χ2n) is 3.92. The molecular weight excluding hydrogens is 226 g/mol. The van der Waals surface area contributed by atoms with Gasteiger partial charge in [0.2, 0.25) is 5.28 Å². The summed E-state index contributed by atoms with van der Waals surface area (Å²) in [5, 5.41) is 10.8.